The van der Waals surface area contributed by atoms with Crippen LogP contribution in [0.4, 0.5) is 0 Å². The van der Waals surface area contributed by atoms with Crippen molar-refractivity contribution in [3.63, 3.8) is 0 Å². The largest absolute Gasteiger partial charge is 0.385 e. The maximum atomic E-state index is 12.6. The summed E-state index contributed by atoms with van der Waals surface area (Å²) in [6.07, 6.45) is 5.22. The Labute approximate surface area is 168 Å². The summed E-state index contributed by atoms with van der Waals surface area (Å²) >= 11 is 0. The third-order valence-corrected chi connectivity index (χ3v) is 7.71. The van der Waals surface area contributed by atoms with Crippen LogP contribution < -0.4 is 4.83 Å². The molecule has 0 heterocycles. The number of fused-ring (bicyclic) bond motifs is 3. The summed E-state index contributed by atoms with van der Waals surface area (Å²) in [6.45, 7) is 6.66. The molecule has 1 aromatic carbocycles. The molecule has 1 saturated carbocycles. The van der Waals surface area contributed by atoms with Crippen LogP contribution in [0.3, 0.4) is 0 Å². The average molecular weight is 403 g/mol. The Morgan fingerprint density at radius 2 is 1.82 bits per heavy atom. The van der Waals surface area contributed by atoms with E-state index in [4.69, 9.17) is 0 Å². The maximum Gasteiger partial charge on any atom is 0.276 e. The van der Waals surface area contributed by atoms with E-state index in [-0.39, 0.29) is 10.3 Å². The van der Waals surface area contributed by atoms with E-state index < -0.39 is 15.6 Å². The molecular formula is C22H30N2O3S. The first-order valence-corrected chi connectivity index (χ1v) is 11.7. The molecule has 0 amide bonds. The van der Waals surface area contributed by atoms with E-state index in [1.165, 1.54) is 5.57 Å². The lowest BCUT2D eigenvalue weighted by molar-refractivity contribution is -0.0449. The normalized spacial score (nSPS) is 36.9. The van der Waals surface area contributed by atoms with Gasteiger partial charge < -0.3 is 5.11 Å². The summed E-state index contributed by atoms with van der Waals surface area (Å²) in [5, 5.41) is 16.0. The zero-order valence-corrected chi connectivity index (χ0v) is 17.7. The summed E-state index contributed by atoms with van der Waals surface area (Å²) < 4.78 is 25.2. The summed E-state index contributed by atoms with van der Waals surface area (Å²) in [7, 11) is -3.72. The van der Waals surface area contributed by atoms with Gasteiger partial charge in [-0.25, -0.2) is 0 Å². The van der Waals surface area contributed by atoms with E-state index in [0.29, 0.717) is 24.0 Å². The van der Waals surface area contributed by atoms with Gasteiger partial charge in [-0.05, 0) is 67.9 Å². The Hall–Kier alpha value is -1.66. The number of hydrogen-bond acceptors (Lipinski definition) is 4. The Morgan fingerprint density at radius 3 is 2.54 bits per heavy atom. The minimum atomic E-state index is -3.72. The molecule has 4 atom stereocenters. The number of benzene rings is 1. The van der Waals surface area contributed by atoms with Gasteiger partial charge in [-0.1, -0.05) is 44.5 Å². The van der Waals surface area contributed by atoms with Crippen molar-refractivity contribution < 1.29 is 13.5 Å². The molecule has 152 valence electrons. The fraction of sp³-hybridized carbons (Fsp3) is 0.591. The van der Waals surface area contributed by atoms with Crippen LogP contribution >= 0.6 is 0 Å². The smallest absolute Gasteiger partial charge is 0.276 e. The Bertz CT molecular complexity index is 938. The van der Waals surface area contributed by atoms with Gasteiger partial charge in [0.25, 0.3) is 10.0 Å². The highest BCUT2D eigenvalue weighted by molar-refractivity contribution is 7.89. The molecule has 2 bridgehead atoms. The second kappa shape index (κ2) is 6.70. The zero-order valence-electron chi connectivity index (χ0n) is 16.9. The quantitative estimate of drug-likeness (QED) is 0.750. The fourth-order valence-electron chi connectivity index (χ4n) is 6.04. The lowest BCUT2D eigenvalue weighted by atomic mass is 9.54. The first kappa shape index (κ1) is 19.6. The molecule has 2 N–H and O–H groups in total. The number of hydrogen-bond donors (Lipinski definition) is 2. The maximum absolute atomic E-state index is 12.6. The zero-order chi connectivity index (χ0) is 20.2. The first-order chi connectivity index (χ1) is 13.1. The van der Waals surface area contributed by atoms with Crippen LogP contribution in [0.1, 0.15) is 59.3 Å². The minimum absolute atomic E-state index is 0.122. The SMILES string of the molecule is CC1CC2=C(/C(=N/NS(=O)(=O)c3ccccc3)C1)C1(O)CC(C)CC(C)(C2)C1. The molecular weight excluding hydrogens is 372 g/mol. The number of sulfonamides is 1. The number of hydrazone groups is 1. The topological polar surface area (TPSA) is 78.8 Å². The molecule has 0 aromatic heterocycles. The first-order valence-electron chi connectivity index (χ1n) is 10.2. The Morgan fingerprint density at radius 1 is 1.11 bits per heavy atom. The molecule has 0 aliphatic heterocycles. The fourth-order valence-corrected chi connectivity index (χ4v) is 6.89. The number of allylic oxidation sites excluding steroid dienone is 1. The van der Waals surface area contributed by atoms with Gasteiger partial charge in [0.15, 0.2) is 0 Å². The highest BCUT2D eigenvalue weighted by Gasteiger charge is 2.52. The van der Waals surface area contributed by atoms with E-state index in [2.05, 4.69) is 30.7 Å². The lowest BCUT2D eigenvalue weighted by Crippen LogP contribution is -2.51. The minimum Gasteiger partial charge on any atom is -0.385 e. The van der Waals surface area contributed by atoms with Crippen molar-refractivity contribution in [3.8, 4) is 0 Å². The van der Waals surface area contributed by atoms with Crippen LogP contribution in [0.2, 0.25) is 0 Å². The monoisotopic (exact) mass is 402 g/mol. The highest BCUT2D eigenvalue weighted by atomic mass is 32.2. The van der Waals surface area contributed by atoms with Crippen molar-refractivity contribution >= 4 is 15.7 Å². The van der Waals surface area contributed by atoms with Gasteiger partial charge in [-0.3, -0.25) is 0 Å². The van der Waals surface area contributed by atoms with Crippen molar-refractivity contribution in [2.45, 2.75) is 69.8 Å². The van der Waals surface area contributed by atoms with E-state index >= 15 is 0 Å². The highest BCUT2D eigenvalue weighted by Crippen LogP contribution is 2.57. The second-order valence-corrected chi connectivity index (χ2v) is 11.3. The van der Waals surface area contributed by atoms with Gasteiger partial charge in [0.1, 0.15) is 0 Å². The van der Waals surface area contributed by atoms with Crippen LogP contribution in [0.25, 0.3) is 0 Å². The molecule has 4 unspecified atom stereocenters. The van der Waals surface area contributed by atoms with Crippen molar-refractivity contribution in [1.82, 2.24) is 4.83 Å². The van der Waals surface area contributed by atoms with Crippen LogP contribution in [0.5, 0.6) is 0 Å². The standard InChI is InChI=1S/C22H30N2O3S/c1-15-9-17-13-21(3)11-16(2)12-22(25,14-21)20(17)19(10-15)23-24-28(26,27)18-7-5-4-6-8-18/h4-8,15-16,24-25H,9-14H2,1-3H3/b23-19+. The number of rotatable bonds is 3. The van der Waals surface area contributed by atoms with Gasteiger partial charge >= 0.3 is 0 Å². The van der Waals surface area contributed by atoms with Crippen molar-refractivity contribution in [2.75, 3.05) is 0 Å². The van der Waals surface area contributed by atoms with E-state index in [1.54, 1.807) is 30.3 Å². The Balaban J connectivity index is 1.72. The number of nitrogens with one attached hydrogen (secondary N) is 1. The molecule has 0 saturated heterocycles. The Kier molecular flexibility index (Phi) is 4.70. The van der Waals surface area contributed by atoms with Crippen molar-refractivity contribution in [1.29, 1.82) is 0 Å². The summed E-state index contributed by atoms with van der Waals surface area (Å²) in [5.41, 5.74) is 2.14. The second-order valence-electron chi connectivity index (χ2n) is 9.67. The van der Waals surface area contributed by atoms with Crippen molar-refractivity contribution in [3.05, 3.63) is 41.5 Å². The lowest BCUT2D eigenvalue weighted by Gasteiger charge is -2.54. The summed E-state index contributed by atoms with van der Waals surface area (Å²) in [6, 6.07) is 8.28. The van der Waals surface area contributed by atoms with E-state index in [1.807, 2.05) is 0 Å². The van der Waals surface area contributed by atoms with Crippen LogP contribution in [0, 0.1) is 17.3 Å². The molecule has 4 rings (SSSR count). The van der Waals surface area contributed by atoms with Crippen LogP contribution in [0.15, 0.2) is 51.5 Å². The number of nitrogens with zero attached hydrogens (tertiary/aromatic N) is 1. The summed E-state index contributed by atoms with van der Waals surface area (Å²) in [5.74, 6) is 0.835. The molecule has 0 spiro atoms. The van der Waals surface area contributed by atoms with Gasteiger partial charge in [-0.15, -0.1) is 0 Å². The third kappa shape index (κ3) is 3.52. The van der Waals surface area contributed by atoms with Gasteiger partial charge in [0.05, 0.1) is 16.2 Å². The van der Waals surface area contributed by atoms with E-state index in [0.717, 1.165) is 37.7 Å². The average Bonchev–Trinajstić information content (AvgIpc) is 2.58. The van der Waals surface area contributed by atoms with Crippen LogP contribution in [-0.2, 0) is 10.0 Å². The van der Waals surface area contributed by atoms with Gasteiger partial charge in [0.2, 0.25) is 0 Å². The predicted molar refractivity (Wildman–Crippen MR) is 110 cm³/mol. The molecule has 6 heteroatoms. The van der Waals surface area contributed by atoms with E-state index in [9.17, 15) is 13.5 Å². The molecule has 1 aromatic rings. The van der Waals surface area contributed by atoms with Crippen molar-refractivity contribution in [2.24, 2.45) is 22.4 Å². The molecule has 3 aliphatic carbocycles. The van der Waals surface area contributed by atoms with Gasteiger partial charge in [0, 0.05) is 5.57 Å². The molecule has 1 fully saturated rings. The third-order valence-electron chi connectivity index (χ3n) is 6.49. The van der Waals surface area contributed by atoms with Gasteiger partial charge in [-0.2, -0.15) is 18.4 Å². The van der Waals surface area contributed by atoms with Crippen LogP contribution in [-0.4, -0.2) is 24.8 Å². The predicted octanol–water partition coefficient (Wildman–Crippen LogP) is 4.01. The molecule has 28 heavy (non-hydrogen) atoms. The molecule has 5 nitrogen and oxygen atoms in total. The molecule has 3 aliphatic rings. The summed E-state index contributed by atoms with van der Waals surface area (Å²) in [4.78, 5) is 2.62. The molecule has 0 radical (unpaired) electrons. The number of aliphatic hydroxyl groups is 1.